The van der Waals surface area contributed by atoms with Crippen molar-refractivity contribution in [3.05, 3.63) is 32.4 Å². The highest BCUT2D eigenvalue weighted by atomic mass is 32.2. The van der Waals surface area contributed by atoms with Crippen molar-refractivity contribution in [2.45, 2.75) is 30.8 Å². The minimum Gasteiger partial charge on any atom is -0.289 e. The lowest BCUT2D eigenvalue weighted by Gasteiger charge is -2.02. The van der Waals surface area contributed by atoms with Crippen molar-refractivity contribution in [2.24, 2.45) is 5.84 Å². The number of carbonyl (C=O) groups is 1. The first-order valence-corrected chi connectivity index (χ1v) is 7.83. The Morgan fingerprint density at radius 3 is 3.10 bits per heavy atom. The minimum absolute atomic E-state index is 0.191. The van der Waals surface area contributed by atoms with Crippen molar-refractivity contribution >= 4 is 29.0 Å². The second-order valence-corrected chi connectivity index (χ2v) is 6.10. The van der Waals surface area contributed by atoms with Crippen LogP contribution in [0.5, 0.6) is 0 Å². The summed E-state index contributed by atoms with van der Waals surface area (Å²) in [4.78, 5) is 24.5. The van der Waals surface area contributed by atoms with Crippen molar-refractivity contribution in [1.82, 2.24) is 20.2 Å². The number of thiophene rings is 1. The molecule has 9 heteroatoms. The van der Waals surface area contributed by atoms with Gasteiger partial charge in [-0.3, -0.25) is 14.8 Å². The maximum absolute atomic E-state index is 11.5. The molecule has 2 aromatic rings. The Hall–Kier alpha value is -1.58. The van der Waals surface area contributed by atoms with E-state index in [1.165, 1.54) is 23.1 Å². The molecular formula is C11H15N5O2S2. The van der Waals surface area contributed by atoms with Gasteiger partial charge in [0.25, 0.3) is 5.91 Å². The Morgan fingerprint density at radius 1 is 1.60 bits per heavy atom. The van der Waals surface area contributed by atoms with Crippen LogP contribution < -0.4 is 17.0 Å². The van der Waals surface area contributed by atoms with Gasteiger partial charge in [-0.1, -0.05) is 18.7 Å². The molecule has 0 aromatic carbocycles. The summed E-state index contributed by atoms with van der Waals surface area (Å²) >= 11 is 2.83. The summed E-state index contributed by atoms with van der Waals surface area (Å²) in [5.41, 5.74) is 1.91. The third-order valence-corrected chi connectivity index (χ3v) is 4.82. The topological polar surface area (TPSA) is 106 Å². The van der Waals surface area contributed by atoms with Gasteiger partial charge in [0.15, 0.2) is 5.16 Å². The van der Waals surface area contributed by atoms with Crippen LogP contribution in [0.2, 0.25) is 0 Å². The number of H-pyrrole nitrogens is 1. The van der Waals surface area contributed by atoms with Gasteiger partial charge in [-0.25, -0.2) is 15.7 Å². The second kappa shape index (κ2) is 6.73. The van der Waals surface area contributed by atoms with Gasteiger partial charge in [0, 0.05) is 17.2 Å². The molecule has 0 fully saturated rings. The number of hydrazine groups is 1. The maximum Gasteiger partial charge on any atom is 0.343 e. The van der Waals surface area contributed by atoms with Gasteiger partial charge in [-0.15, -0.1) is 16.4 Å². The van der Waals surface area contributed by atoms with Crippen LogP contribution in [0.1, 0.15) is 27.9 Å². The molecule has 0 radical (unpaired) electrons. The standard InChI is InChI=1S/C11H15N5O2S2/c1-2-5-16-10(18)14-15-11(16)19-6-7-3-4-8(20-7)9(17)13-12/h3-4H,2,5-6,12H2,1H3,(H,13,17)(H,14,18). The Morgan fingerprint density at radius 2 is 2.40 bits per heavy atom. The molecule has 2 aromatic heterocycles. The summed E-state index contributed by atoms with van der Waals surface area (Å²) in [6, 6.07) is 3.60. The van der Waals surface area contributed by atoms with Gasteiger partial charge in [0.1, 0.15) is 0 Å². The molecule has 108 valence electrons. The third-order valence-electron chi connectivity index (χ3n) is 2.53. The number of hydrogen-bond donors (Lipinski definition) is 3. The maximum atomic E-state index is 11.5. The number of aromatic nitrogens is 3. The number of rotatable bonds is 6. The monoisotopic (exact) mass is 313 g/mol. The van der Waals surface area contributed by atoms with Crippen molar-refractivity contribution in [1.29, 1.82) is 0 Å². The predicted molar refractivity (Wildman–Crippen MR) is 78.7 cm³/mol. The van der Waals surface area contributed by atoms with E-state index < -0.39 is 0 Å². The molecule has 0 bridgehead atoms. The minimum atomic E-state index is -0.297. The molecule has 4 N–H and O–H groups in total. The van der Waals surface area contributed by atoms with Crippen molar-refractivity contribution < 1.29 is 4.79 Å². The number of nitrogens with two attached hydrogens (primary N) is 1. The molecular weight excluding hydrogens is 298 g/mol. The normalized spacial score (nSPS) is 10.7. The molecule has 2 heterocycles. The largest absolute Gasteiger partial charge is 0.343 e. The van der Waals surface area contributed by atoms with Gasteiger partial charge in [0.05, 0.1) is 4.88 Å². The predicted octanol–water partition coefficient (Wildman–Crippen LogP) is 0.939. The number of nitrogens with one attached hydrogen (secondary N) is 2. The second-order valence-electron chi connectivity index (χ2n) is 3.99. The first-order chi connectivity index (χ1) is 9.65. The molecule has 0 saturated heterocycles. The average molecular weight is 313 g/mol. The highest BCUT2D eigenvalue weighted by Crippen LogP contribution is 2.25. The van der Waals surface area contributed by atoms with Gasteiger partial charge >= 0.3 is 5.69 Å². The van der Waals surface area contributed by atoms with Gasteiger partial charge in [-0.2, -0.15) is 0 Å². The molecule has 0 aliphatic rings. The first-order valence-electron chi connectivity index (χ1n) is 6.03. The lowest BCUT2D eigenvalue weighted by atomic mass is 10.4. The van der Waals surface area contributed by atoms with Gasteiger partial charge < -0.3 is 0 Å². The van der Waals surface area contributed by atoms with E-state index in [4.69, 9.17) is 5.84 Å². The summed E-state index contributed by atoms with van der Waals surface area (Å²) in [5.74, 6) is 5.44. The quantitative estimate of drug-likeness (QED) is 0.318. The molecule has 0 aliphatic carbocycles. The number of nitrogens with zero attached hydrogens (tertiary/aromatic N) is 2. The zero-order valence-electron chi connectivity index (χ0n) is 10.9. The Labute approximate surface area is 123 Å². The summed E-state index contributed by atoms with van der Waals surface area (Å²) < 4.78 is 1.62. The van der Waals surface area contributed by atoms with E-state index in [-0.39, 0.29) is 11.6 Å². The SMILES string of the molecule is CCCn1c(SCc2ccc(C(=O)NN)s2)n[nH]c1=O. The summed E-state index contributed by atoms with van der Waals surface area (Å²) in [6.45, 7) is 2.65. The van der Waals surface area contributed by atoms with Crippen LogP contribution in [0, 0.1) is 0 Å². The van der Waals surface area contributed by atoms with Gasteiger partial charge in [0.2, 0.25) is 0 Å². The number of carbonyl (C=O) groups excluding carboxylic acids is 1. The highest BCUT2D eigenvalue weighted by Gasteiger charge is 2.11. The van der Waals surface area contributed by atoms with Crippen molar-refractivity contribution in [3.8, 4) is 0 Å². The lowest BCUT2D eigenvalue weighted by molar-refractivity contribution is 0.0957. The molecule has 0 aliphatic heterocycles. The highest BCUT2D eigenvalue weighted by molar-refractivity contribution is 7.98. The van der Waals surface area contributed by atoms with E-state index >= 15 is 0 Å². The molecule has 20 heavy (non-hydrogen) atoms. The molecule has 2 rings (SSSR count). The average Bonchev–Trinajstić information content (AvgIpc) is 3.05. The number of amides is 1. The van der Waals surface area contributed by atoms with E-state index in [9.17, 15) is 9.59 Å². The fraction of sp³-hybridized carbons (Fsp3) is 0.364. The fourth-order valence-electron chi connectivity index (χ4n) is 1.62. The number of nitrogen functional groups attached to an aromatic ring is 1. The Balaban J connectivity index is 2.03. The number of thioether (sulfide) groups is 1. The van der Waals surface area contributed by atoms with Crippen LogP contribution in [-0.2, 0) is 12.3 Å². The molecule has 0 unspecified atom stereocenters. The van der Waals surface area contributed by atoms with E-state index in [0.29, 0.717) is 22.3 Å². The Bertz CT molecular complexity index is 645. The van der Waals surface area contributed by atoms with Crippen LogP contribution in [0.3, 0.4) is 0 Å². The fourth-order valence-corrected chi connectivity index (χ4v) is 3.55. The summed E-state index contributed by atoms with van der Waals surface area (Å²) in [7, 11) is 0. The number of hydrogen-bond acceptors (Lipinski definition) is 6. The van der Waals surface area contributed by atoms with E-state index in [2.05, 4.69) is 15.6 Å². The van der Waals surface area contributed by atoms with Crippen LogP contribution in [0.25, 0.3) is 0 Å². The first kappa shape index (κ1) is 14.8. The lowest BCUT2D eigenvalue weighted by Crippen LogP contribution is -2.29. The van der Waals surface area contributed by atoms with E-state index in [1.54, 1.807) is 10.6 Å². The van der Waals surface area contributed by atoms with E-state index in [0.717, 1.165) is 11.3 Å². The van der Waals surface area contributed by atoms with Crippen LogP contribution in [-0.4, -0.2) is 20.7 Å². The zero-order chi connectivity index (χ0) is 14.5. The smallest absolute Gasteiger partial charge is 0.289 e. The Kier molecular flexibility index (Phi) is 4.99. The van der Waals surface area contributed by atoms with Crippen LogP contribution in [0.15, 0.2) is 22.1 Å². The summed E-state index contributed by atoms with van der Waals surface area (Å²) in [5, 5.41) is 7.11. The molecule has 0 spiro atoms. The van der Waals surface area contributed by atoms with E-state index in [1.807, 2.05) is 13.0 Å². The third kappa shape index (κ3) is 3.30. The molecule has 0 atom stereocenters. The van der Waals surface area contributed by atoms with Crippen molar-refractivity contribution in [2.75, 3.05) is 0 Å². The number of aromatic amines is 1. The van der Waals surface area contributed by atoms with Crippen LogP contribution in [0.4, 0.5) is 0 Å². The molecule has 1 amide bonds. The zero-order valence-corrected chi connectivity index (χ0v) is 12.5. The van der Waals surface area contributed by atoms with Gasteiger partial charge in [-0.05, 0) is 18.6 Å². The van der Waals surface area contributed by atoms with Crippen LogP contribution >= 0.6 is 23.1 Å². The molecule has 7 nitrogen and oxygen atoms in total. The summed E-state index contributed by atoms with van der Waals surface area (Å²) in [6.07, 6.45) is 0.868. The van der Waals surface area contributed by atoms with Crippen molar-refractivity contribution in [3.63, 3.8) is 0 Å². The molecule has 0 saturated carbocycles.